The average Bonchev–Trinajstić information content (AvgIpc) is 2.69. The molecule has 1 atom stereocenters. The molecule has 0 saturated carbocycles. The fraction of sp³-hybridized carbons (Fsp3) is 0.556. The van der Waals surface area contributed by atoms with Gasteiger partial charge in [0.2, 0.25) is 0 Å². The number of carbonyl (C=O) groups is 1. The fourth-order valence-corrected chi connectivity index (χ4v) is 1.79. The van der Waals surface area contributed by atoms with Gasteiger partial charge in [-0.15, -0.1) is 11.3 Å². The van der Waals surface area contributed by atoms with Gasteiger partial charge in [0.1, 0.15) is 0 Å². The van der Waals surface area contributed by atoms with E-state index in [1.165, 1.54) is 7.11 Å². The van der Waals surface area contributed by atoms with Gasteiger partial charge in [0.25, 0.3) is 0 Å². The van der Waals surface area contributed by atoms with Gasteiger partial charge in [-0.1, -0.05) is 6.92 Å². The molecule has 1 aromatic rings. The third kappa shape index (κ3) is 2.70. The maximum atomic E-state index is 11.2. The van der Waals surface area contributed by atoms with E-state index in [1.807, 2.05) is 24.3 Å². The van der Waals surface area contributed by atoms with Crippen LogP contribution in [0.4, 0.5) is 5.13 Å². The summed E-state index contributed by atoms with van der Waals surface area (Å²) in [7, 11) is 3.32. The maximum Gasteiger partial charge on any atom is 0.310 e. The standard InChI is InChI=1S/C9H14N2O2S/c1-7(8(12)13-3)6-11(2)9-10-4-5-14-9/h4-5,7H,6H2,1-3H3. The van der Waals surface area contributed by atoms with Gasteiger partial charge in [0, 0.05) is 25.2 Å². The number of methoxy groups -OCH3 is 1. The van der Waals surface area contributed by atoms with Gasteiger partial charge >= 0.3 is 5.97 Å². The summed E-state index contributed by atoms with van der Waals surface area (Å²) in [5, 5.41) is 2.83. The highest BCUT2D eigenvalue weighted by molar-refractivity contribution is 7.13. The van der Waals surface area contributed by atoms with Gasteiger partial charge in [0.15, 0.2) is 5.13 Å². The third-order valence-electron chi connectivity index (χ3n) is 1.90. The van der Waals surface area contributed by atoms with E-state index in [0.717, 1.165) is 5.13 Å². The molecule has 0 aliphatic rings. The first-order valence-electron chi connectivity index (χ1n) is 4.33. The monoisotopic (exact) mass is 214 g/mol. The Kier molecular flexibility index (Phi) is 3.88. The Labute approximate surface area is 87.5 Å². The van der Waals surface area contributed by atoms with Gasteiger partial charge in [-0.2, -0.15) is 0 Å². The Hall–Kier alpha value is -1.10. The Balaban J connectivity index is 2.49. The zero-order chi connectivity index (χ0) is 10.6. The number of nitrogens with zero attached hydrogens (tertiary/aromatic N) is 2. The molecule has 1 aromatic heterocycles. The van der Waals surface area contributed by atoms with Crippen molar-refractivity contribution in [2.45, 2.75) is 6.92 Å². The van der Waals surface area contributed by atoms with E-state index < -0.39 is 0 Å². The van der Waals surface area contributed by atoms with E-state index in [9.17, 15) is 4.79 Å². The van der Waals surface area contributed by atoms with E-state index in [1.54, 1.807) is 17.5 Å². The molecular formula is C9H14N2O2S. The molecule has 1 heterocycles. The second-order valence-electron chi connectivity index (χ2n) is 3.12. The number of thiazole rings is 1. The first-order valence-corrected chi connectivity index (χ1v) is 5.21. The summed E-state index contributed by atoms with van der Waals surface area (Å²) in [6, 6.07) is 0. The van der Waals surface area contributed by atoms with Crippen LogP contribution in [0.5, 0.6) is 0 Å². The predicted octanol–water partition coefficient (Wildman–Crippen LogP) is 1.39. The van der Waals surface area contributed by atoms with Crippen LogP contribution in [-0.2, 0) is 9.53 Å². The number of hydrogen-bond donors (Lipinski definition) is 0. The Bertz CT molecular complexity index is 287. The molecule has 0 N–H and O–H groups in total. The van der Waals surface area contributed by atoms with Crippen molar-refractivity contribution in [1.29, 1.82) is 0 Å². The SMILES string of the molecule is COC(=O)C(C)CN(C)c1nccs1. The normalized spacial score (nSPS) is 12.2. The number of esters is 1. The first kappa shape index (κ1) is 11.0. The molecule has 78 valence electrons. The lowest BCUT2D eigenvalue weighted by atomic mass is 10.2. The zero-order valence-corrected chi connectivity index (χ0v) is 9.37. The van der Waals surface area contributed by atoms with E-state index >= 15 is 0 Å². The van der Waals surface area contributed by atoms with Crippen molar-refractivity contribution in [3.8, 4) is 0 Å². The van der Waals surface area contributed by atoms with Crippen molar-refractivity contribution >= 4 is 22.4 Å². The molecule has 4 nitrogen and oxygen atoms in total. The summed E-state index contributed by atoms with van der Waals surface area (Å²) in [5.41, 5.74) is 0. The average molecular weight is 214 g/mol. The van der Waals surface area contributed by atoms with E-state index in [0.29, 0.717) is 6.54 Å². The summed E-state index contributed by atoms with van der Waals surface area (Å²) in [6.07, 6.45) is 1.75. The largest absolute Gasteiger partial charge is 0.469 e. The van der Waals surface area contributed by atoms with Gasteiger partial charge in [-0.3, -0.25) is 4.79 Å². The van der Waals surface area contributed by atoms with E-state index in [2.05, 4.69) is 9.72 Å². The van der Waals surface area contributed by atoms with Crippen LogP contribution in [0.15, 0.2) is 11.6 Å². The molecule has 0 spiro atoms. The molecule has 0 amide bonds. The number of carbonyl (C=O) groups excluding carboxylic acids is 1. The van der Waals surface area contributed by atoms with Gasteiger partial charge < -0.3 is 9.64 Å². The molecule has 0 aliphatic carbocycles. The highest BCUT2D eigenvalue weighted by Crippen LogP contribution is 2.16. The molecule has 0 radical (unpaired) electrons. The highest BCUT2D eigenvalue weighted by Gasteiger charge is 2.16. The molecule has 0 aliphatic heterocycles. The molecule has 0 aromatic carbocycles. The topological polar surface area (TPSA) is 42.4 Å². The Morgan fingerprint density at radius 3 is 3.00 bits per heavy atom. The van der Waals surface area contributed by atoms with Crippen molar-refractivity contribution in [3.05, 3.63) is 11.6 Å². The summed E-state index contributed by atoms with van der Waals surface area (Å²) < 4.78 is 4.65. The second kappa shape index (κ2) is 4.95. The van der Waals surface area contributed by atoms with Crippen LogP contribution in [0.1, 0.15) is 6.92 Å². The summed E-state index contributed by atoms with van der Waals surface area (Å²) in [4.78, 5) is 17.2. The lowest BCUT2D eigenvalue weighted by Crippen LogP contribution is -2.29. The van der Waals surface area contributed by atoms with Crippen molar-refractivity contribution in [2.24, 2.45) is 5.92 Å². The van der Waals surface area contributed by atoms with Gasteiger partial charge in [-0.05, 0) is 0 Å². The predicted molar refractivity (Wildman–Crippen MR) is 56.6 cm³/mol. The van der Waals surface area contributed by atoms with Crippen molar-refractivity contribution < 1.29 is 9.53 Å². The molecular weight excluding hydrogens is 200 g/mol. The first-order chi connectivity index (χ1) is 6.65. The number of hydrogen-bond acceptors (Lipinski definition) is 5. The van der Waals surface area contributed by atoms with Crippen LogP contribution >= 0.6 is 11.3 Å². The fourth-order valence-electron chi connectivity index (χ4n) is 1.17. The highest BCUT2D eigenvalue weighted by atomic mass is 32.1. The minimum Gasteiger partial charge on any atom is -0.469 e. The van der Waals surface area contributed by atoms with Crippen LogP contribution in [-0.4, -0.2) is 31.7 Å². The van der Waals surface area contributed by atoms with Crippen LogP contribution in [0.2, 0.25) is 0 Å². The lowest BCUT2D eigenvalue weighted by molar-refractivity contribution is -0.144. The lowest BCUT2D eigenvalue weighted by Gasteiger charge is -2.18. The summed E-state index contributed by atoms with van der Waals surface area (Å²) in [5.74, 6) is -0.317. The molecule has 14 heavy (non-hydrogen) atoms. The molecule has 0 bridgehead atoms. The number of rotatable bonds is 4. The molecule has 0 saturated heterocycles. The van der Waals surface area contributed by atoms with Crippen LogP contribution in [0.25, 0.3) is 0 Å². The minimum absolute atomic E-state index is 0.131. The van der Waals surface area contributed by atoms with Crippen molar-refractivity contribution in [3.63, 3.8) is 0 Å². The van der Waals surface area contributed by atoms with Gasteiger partial charge in [0.05, 0.1) is 13.0 Å². The van der Waals surface area contributed by atoms with E-state index in [-0.39, 0.29) is 11.9 Å². The van der Waals surface area contributed by atoms with Crippen LogP contribution < -0.4 is 4.90 Å². The molecule has 1 unspecified atom stereocenters. The number of aromatic nitrogens is 1. The van der Waals surface area contributed by atoms with Crippen molar-refractivity contribution in [1.82, 2.24) is 4.98 Å². The minimum atomic E-state index is -0.187. The summed E-state index contributed by atoms with van der Waals surface area (Å²) >= 11 is 1.56. The number of anilines is 1. The van der Waals surface area contributed by atoms with Crippen LogP contribution in [0, 0.1) is 5.92 Å². The maximum absolute atomic E-state index is 11.2. The number of ether oxygens (including phenoxy) is 1. The van der Waals surface area contributed by atoms with E-state index in [4.69, 9.17) is 0 Å². The smallest absolute Gasteiger partial charge is 0.310 e. The van der Waals surface area contributed by atoms with Crippen molar-refractivity contribution in [2.75, 3.05) is 25.6 Å². The quantitative estimate of drug-likeness (QED) is 0.710. The molecule has 1 rings (SSSR count). The Morgan fingerprint density at radius 2 is 2.50 bits per heavy atom. The second-order valence-corrected chi connectivity index (χ2v) is 3.99. The third-order valence-corrected chi connectivity index (χ3v) is 2.78. The van der Waals surface area contributed by atoms with Gasteiger partial charge in [-0.25, -0.2) is 4.98 Å². The zero-order valence-electron chi connectivity index (χ0n) is 8.56. The Morgan fingerprint density at radius 1 is 1.79 bits per heavy atom. The van der Waals surface area contributed by atoms with Crippen LogP contribution in [0.3, 0.4) is 0 Å². The molecule has 0 fully saturated rings. The summed E-state index contributed by atoms with van der Waals surface area (Å²) in [6.45, 7) is 2.47. The molecule has 5 heteroatoms.